The number of benzene rings is 2. The highest BCUT2D eigenvalue weighted by atomic mass is 32.2. The Hall–Kier alpha value is -3.14. The fraction of sp³-hybridized carbons (Fsp3) is 0.467. The fourth-order valence-electron chi connectivity index (χ4n) is 4.97. The van der Waals surface area contributed by atoms with E-state index in [0.717, 1.165) is 66.1 Å². The lowest BCUT2D eigenvalue weighted by Crippen LogP contribution is -2.48. The number of alkyl halides is 3. The Morgan fingerprint density at radius 2 is 1.77 bits per heavy atom. The number of anilines is 2. The Morgan fingerprint density at radius 3 is 2.48 bits per heavy atom. The molecule has 10 heteroatoms. The van der Waals surface area contributed by atoms with E-state index in [1.807, 2.05) is 6.07 Å². The first-order chi connectivity index (χ1) is 19.1. The molecule has 0 bridgehead atoms. The third-order valence-electron chi connectivity index (χ3n) is 7.23. The molecule has 0 saturated carbocycles. The minimum absolute atomic E-state index is 0.357. The number of fused-ring (bicyclic) bond motifs is 1. The van der Waals surface area contributed by atoms with Crippen molar-refractivity contribution in [2.45, 2.75) is 56.5 Å². The number of nitrogens with one attached hydrogen (secondary N) is 1. The van der Waals surface area contributed by atoms with Crippen molar-refractivity contribution in [2.75, 3.05) is 48.7 Å². The molecule has 216 valence electrons. The summed E-state index contributed by atoms with van der Waals surface area (Å²) in [6.45, 7) is 7.70. The quantitative estimate of drug-likeness (QED) is 0.179. The summed E-state index contributed by atoms with van der Waals surface area (Å²) < 4.78 is 39.0. The Balaban J connectivity index is 1.19. The van der Waals surface area contributed by atoms with Crippen LogP contribution in [0.2, 0.25) is 0 Å². The Morgan fingerprint density at radius 1 is 1.02 bits per heavy atom. The van der Waals surface area contributed by atoms with Gasteiger partial charge in [-0.15, -0.1) is 11.8 Å². The molecule has 2 aromatic carbocycles. The topological polar surface area (TPSA) is 68.7 Å². The van der Waals surface area contributed by atoms with Gasteiger partial charge in [-0.05, 0) is 66.5 Å². The van der Waals surface area contributed by atoms with Crippen LogP contribution in [-0.2, 0) is 6.18 Å². The highest BCUT2D eigenvalue weighted by Gasteiger charge is 2.30. The molecule has 0 radical (unpaired) electrons. The molecular weight excluding hydrogens is 537 g/mol. The smallest absolute Gasteiger partial charge is 0.416 e. The summed E-state index contributed by atoms with van der Waals surface area (Å²) >= 11 is 1.67. The number of amides is 1. The van der Waals surface area contributed by atoms with Gasteiger partial charge in [0.25, 0.3) is 0 Å². The molecule has 1 amide bonds. The third-order valence-corrected chi connectivity index (χ3v) is 8.39. The lowest BCUT2D eigenvalue weighted by atomic mass is 9.99. The monoisotopic (exact) mass is 574 g/mol. The van der Waals surface area contributed by atoms with Crippen molar-refractivity contribution in [3.8, 4) is 0 Å². The van der Waals surface area contributed by atoms with Gasteiger partial charge in [0.15, 0.2) is 0 Å². The molecule has 6 nitrogen and oxygen atoms in total. The average Bonchev–Trinajstić information content (AvgIpc) is 2.93. The molecule has 3 aromatic rings. The molecule has 0 aliphatic carbocycles. The van der Waals surface area contributed by atoms with Crippen LogP contribution in [0, 0.1) is 0 Å². The second-order valence-electron chi connectivity index (χ2n) is 10.4. The Kier molecular flexibility index (Phi) is 10.1. The van der Waals surface area contributed by atoms with Crippen LogP contribution < -0.4 is 10.2 Å². The first kappa shape index (κ1) is 29.8. The summed E-state index contributed by atoms with van der Waals surface area (Å²) in [7, 11) is 0. The van der Waals surface area contributed by atoms with Crippen molar-refractivity contribution in [1.29, 1.82) is 0 Å². The van der Waals surface area contributed by atoms with Gasteiger partial charge >= 0.3 is 12.3 Å². The Bertz CT molecular complexity index is 1290. The van der Waals surface area contributed by atoms with Crippen molar-refractivity contribution in [1.82, 2.24) is 9.88 Å². The van der Waals surface area contributed by atoms with Crippen LogP contribution in [0.4, 0.5) is 29.3 Å². The largest absolute Gasteiger partial charge is 0.465 e. The number of rotatable bonds is 11. The maximum Gasteiger partial charge on any atom is 0.416 e. The number of carbonyl (C=O) groups is 1. The number of carboxylic acid groups (broad SMARTS) is 1. The number of nitrogens with zero attached hydrogens (tertiary/aromatic N) is 3. The Labute approximate surface area is 238 Å². The maximum absolute atomic E-state index is 13.0. The van der Waals surface area contributed by atoms with E-state index in [-0.39, 0.29) is 0 Å². The maximum atomic E-state index is 13.0. The zero-order chi connectivity index (χ0) is 28.7. The van der Waals surface area contributed by atoms with E-state index in [9.17, 15) is 23.1 Å². The molecule has 1 aliphatic heterocycles. The van der Waals surface area contributed by atoms with Crippen LogP contribution >= 0.6 is 11.8 Å². The number of piperazine rings is 1. The summed E-state index contributed by atoms with van der Waals surface area (Å²) in [5.41, 5.74) is 3.26. The van der Waals surface area contributed by atoms with Gasteiger partial charge in [-0.3, -0.25) is 4.98 Å². The minimum atomic E-state index is -4.37. The van der Waals surface area contributed by atoms with E-state index < -0.39 is 17.8 Å². The van der Waals surface area contributed by atoms with Gasteiger partial charge < -0.3 is 20.2 Å². The number of unbranched alkanes of at least 4 members (excludes halogenated alkanes) is 3. The molecule has 1 saturated heterocycles. The molecule has 4 rings (SSSR count). The van der Waals surface area contributed by atoms with Crippen molar-refractivity contribution in [3.05, 3.63) is 59.8 Å². The van der Waals surface area contributed by atoms with Crippen molar-refractivity contribution >= 4 is 40.1 Å². The number of pyridine rings is 1. The molecule has 0 unspecified atom stereocenters. The minimum Gasteiger partial charge on any atom is -0.465 e. The summed E-state index contributed by atoms with van der Waals surface area (Å²) in [5.74, 6) is 1.27. The van der Waals surface area contributed by atoms with Crippen molar-refractivity contribution < 1.29 is 23.1 Å². The normalized spacial score (nSPS) is 14.2. The van der Waals surface area contributed by atoms with Gasteiger partial charge in [0, 0.05) is 60.6 Å². The predicted octanol–water partition coefficient (Wildman–Crippen LogP) is 7.94. The van der Waals surface area contributed by atoms with Crippen LogP contribution in [0.1, 0.15) is 56.6 Å². The van der Waals surface area contributed by atoms with E-state index in [1.165, 1.54) is 22.2 Å². The van der Waals surface area contributed by atoms with Gasteiger partial charge in [0.05, 0.1) is 11.1 Å². The van der Waals surface area contributed by atoms with E-state index in [0.29, 0.717) is 37.6 Å². The molecule has 0 atom stereocenters. The van der Waals surface area contributed by atoms with Gasteiger partial charge in [-0.1, -0.05) is 32.8 Å². The molecule has 1 fully saturated rings. The lowest BCUT2D eigenvalue weighted by molar-refractivity contribution is -0.137. The molecular formula is C30H37F3N4O2S. The first-order valence-electron chi connectivity index (χ1n) is 13.8. The van der Waals surface area contributed by atoms with Crippen molar-refractivity contribution in [3.63, 3.8) is 0 Å². The zero-order valence-corrected chi connectivity index (χ0v) is 23.8. The van der Waals surface area contributed by atoms with Crippen molar-refractivity contribution in [2.24, 2.45) is 0 Å². The lowest BCUT2D eigenvalue weighted by Gasteiger charge is -2.36. The number of halogens is 3. The van der Waals surface area contributed by atoms with Gasteiger partial charge in [-0.2, -0.15) is 13.2 Å². The highest BCUT2D eigenvalue weighted by molar-refractivity contribution is 7.99. The molecule has 1 aliphatic rings. The summed E-state index contributed by atoms with van der Waals surface area (Å²) in [4.78, 5) is 20.1. The average molecular weight is 575 g/mol. The second kappa shape index (κ2) is 13.5. The molecule has 2 N–H and O–H groups in total. The predicted molar refractivity (Wildman–Crippen MR) is 157 cm³/mol. The fourth-order valence-corrected chi connectivity index (χ4v) is 6.03. The van der Waals surface area contributed by atoms with Crippen LogP contribution in [0.15, 0.2) is 53.6 Å². The van der Waals surface area contributed by atoms with Crippen LogP contribution in [0.25, 0.3) is 10.9 Å². The first-order valence-corrected chi connectivity index (χ1v) is 14.8. The molecule has 40 heavy (non-hydrogen) atoms. The summed E-state index contributed by atoms with van der Waals surface area (Å²) in [5, 5.41) is 13.5. The van der Waals surface area contributed by atoms with E-state index in [2.05, 4.69) is 47.2 Å². The van der Waals surface area contributed by atoms with Crippen LogP contribution in [0.3, 0.4) is 0 Å². The highest BCUT2D eigenvalue weighted by Crippen LogP contribution is 2.34. The standard InChI is InChI=1S/C30H37F3N4O2S/c1-21(2)25-20-23(8-10-27(25)36-14-16-37(17-15-36)29(38)39)34-12-5-3-4-6-18-40-28-11-13-35-26-19-22(30(31,32)33)7-9-24(26)28/h7-11,13,19-21,34H,3-6,12,14-18H2,1-2H3,(H,38,39). The number of thioether (sulfide) groups is 1. The number of hydrogen-bond donors (Lipinski definition) is 2. The van der Waals surface area contributed by atoms with Gasteiger partial charge in [0.2, 0.25) is 0 Å². The van der Waals surface area contributed by atoms with Gasteiger partial charge in [0.1, 0.15) is 0 Å². The van der Waals surface area contributed by atoms with Crippen LogP contribution in [0.5, 0.6) is 0 Å². The summed E-state index contributed by atoms with van der Waals surface area (Å²) in [6.07, 6.45) is 0.643. The number of aromatic nitrogens is 1. The van der Waals surface area contributed by atoms with E-state index in [1.54, 1.807) is 18.0 Å². The molecule has 2 heterocycles. The van der Waals surface area contributed by atoms with Crippen LogP contribution in [-0.4, -0.2) is 59.6 Å². The number of hydrogen-bond acceptors (Lipinski definition) is 5. The SMILES string of the molecule is CC(C)c1cc(NCCCCCCSc2ccnc3cc(C(F)(F)F)ccc23)ccc1N1CCN(C(=O)O)CC1. The van der Waals surface area contributed by atoms with E-state index in [4.69, 9.17) is 0 Å². The second-order valence-corrected chi connectivity index (χ2v) is 11.5. The molecule has 0 spiro atoms. The third kappa shape index (κ3) is 7.74. The van der Waals surface area contributed by atoms with Gasteiger partial charge in [-0.25, -0.2) is 4.79 Å². The molecule has 1 aromatic heterocycles. The zero-order valence-electron chi connectivity index (χ0n) is 23.0. The van der Waals surface area contributed by atoms with E-state index >= 15 is 0 Å². The summed E-state index contributed by atoms with van der Waals surface area (Å²) in [6, 6.07) is 12.1.